The number of hydrogen-bond acceptors (Lipinski definition) is 5. The molecule has 1 heterocycles. The Bertz CT molecular complexity index is 1010. The van der Waals surface area contributed by atoms with Crippen LogP contribution in [0.15, 0.2) is 48.5 Å². The molecular weight excluding hydrogens is 452 g/mol. The molecule has 4 rings (SSSR count). The molecule has 7 nitrogen and oxygen atoms in total. The van der Waals surface area contributed by atoms with Crippen molar-refractivity contribution in [3.8, 4) is 11.1 Å². The fourth-order valence-electron chi connectivity index (χ4n) is 4.77. The van der Waals surface area contributed by atoms with Crippen LogP contribution in [-0.2, 0) is 14.3 Å². The molecule has 0 saturated carbocycles. The van der Waals surface area contributed by atoms with Crippen molar-refractivity contribution in [3.63, 3.8) is 0 Å². The number of carbonyl (C=O) groups excluding carboxylic acids is 2. The Balaban J connectivity index is 1.25. The third-order valence-electron chi connectivity index (χ3n) is 6.38. The topological polar surface area (TPSA) is 95.9 Å². The second kappa shape index (κ2) is 11.0. The van der Waals surface area contributed by atoms with Crippen LogP contribution in [0, 0.1) is 0 Å². The van der Waals surface area contributed by atoms with Crippen molar-refractivity contribution in [3.05, 3.63) is 59.7 Å². The molecular formula is C26H30N2O5S. The molecule has 2 aliphatic rings. The molecule has 1 aliphatic carbocycles. The van der Waals surface area contributed by atoms with E-state index >= 15 is 0 Å². The van der Waals surface area contributed by atoms with E-state index < -0.39 is 18.1 Å². The number of carbonyl (C=O) groups is 3. The molecule has 2 atom stereocenters. The molecule has 2 aromatic carbocycles. The number of thioether (sulfide) groups is 1. The van der Waals surface area contributed by atoms with Crippen molar-refractivity contribution in [1.82, 2.24) is 10.2 Å². The predicted octanol–water partition coefficient (Wildman–Crippen LogP) is 4.46. The number of nitrogens with one attached hydrogen (secondary N) is 1. The van der Waals surface area contributed by atoms with Crippen molar-refractivity contribution in [2.24, 2.45) is 0 Å². The van der Waals surface area contributed by atoms with Gasteiger partial charge >= 0.3 is 12.1 Å². The molecule has 8 heteroatoms. The minimum absolute atomic E-state index is 0.00385. The number of fused-ring (bicyclic) bond motifs is 3. The Kier molecular flexibility index (Phi) is 7.77. The molecule has 1 saturated heterocycles. The van der Waals surface area contributed by atoms with Crippen molar-refractivity contribution in [2.45, 2.75) is 49.9 Å². The Morgan fingerprint density at radius 3 is 2.35 bits per heavy atom. The summed E-state index contributed by atoms with van der Waals surface area (Å²) in [6.45, 7) is 2.55. The standard InChI is InChI=1S/C26H30N2O5S/c1-2-8-24-28(22(16-34-24)25(30)31)23(29)13-7-14-27-26(32)33-15-21-19-11-5-3-9-17(19)18-10-4-6-12-20(18)21/h3-6,9-12,21-22,24H,2,7-8,13-16H2,1H3,(H,27,32)(H,30,31). The van der Waals surface area contributed by atoms with Gasteiger partial charge in [0.25, 0.3) is 0 Å². The summed E-state index contributed by atoms with van der Waals surface area (Å²) in [7, 11) is 0. The zero-order valence-electron chi connectivity index (χ0n) is 19.2. The Morgan fingerprint density at radius 2 is 1.74 bits per heavy atom. The summed E-state index contributed by atoms with van der Waals surface area (Å²) in [5, 5.41) is 12.1. The molecule has 180 valence electrons. The number of nitrogens with zero attached hydrogens (tertiary/aromatic N) is 1. The first-order valence-electron chi connectivity index (χ1n) is 11.8. The Labute approximate surface area is 203 Å². The lowest BCUT2D eigenvalue weighted by atomic mass is 9.98. The number of hydrogen-bond donors (Lipinski definition) is 2. The number of carboxylic acid groups (broad SMARTS) is 1. The van der Waals surface area contributed by atoms with Crippen LogP contribution in [0.25, 0.3) is 11.1 Å². The number of ether oxygens (including phenoxy) is 1. The van der Waals surface area contributed by atoms with Crippen molar-refractivity contribution in [1.29, 1.82) is 0 Å². The maximum Gasteiger partial charge on any atom is 0.407 e. The maximum absolute atomic E-state index is 12.7. The quantitative estimate of drug-likeness (QED) is 0.513. The van der Waals surface area contributed by atoms with Gasteiger partial charge in [-0.15, -0.1) is 11.8 Å². The second-order valence-electron chi connectivity index (χ2n) is 8.59. The van der Waals surface area contributed by atoms with E-state index in [1.165, 1.54) is 27.8 Å². The Hall–Kier alpha value is -3.00. The van der Waals surface area contributed by atoms with Crippen LogP contribution in [0.5, 0.6) is 0 Å². The van der Waals surface area contributed by atoms with E-state index in [1.54, 1.807) is 0 Å². The highest BCUT2D eigenvalue weighted by Crippen LogP contribution is 2.44. The molecule has 1 aliphatic heterocycles. The number of carboxylic acids is 1. The van der Waals surface area contributed by atoms with Gasteiger partial charge in [0.1, 0.15) is 12.6 Å². The first-order chi connectivity index (χ1) is 16.5. The molecule has 0 aromatic heterocycles. The van der Waals surface area contributed by atoms with Gasteiger partial charge in [-0.1, -0.05) is 61.9 Å². The zero-order chi connectivity index (χ0) is 24.1. The normalized spacial score (nSPS) is 18.9. The fraction of sp³-hybridized carbons (Fsp3) is 0.423. The first-order valence-corrected chi connectivity index (χ1v) is 12.8. The van der Waals surface area contributed by atoms with E-state index in [2.05, 4.69) is 29.6 Å². The van der Waals surface area contributed by atoms with E-state index in [-0.39, 0.29) is 30.2 Å². The second-order valence-corrected chi connectivity index (χ2v) is 9.80. The molecule has 0 bridgehead atoms. The molecule has 2 N–H and O–H groups in total. The lowest BCUT2D eigenvalue weighted by Crippen LogP contribution is -2.45. The van der Waals surface area contributed by atoms with Crippen LogP contribution < -0.4 is 5.32 Å². The highest BCUT2D eigenvalue weighted by Gasteiger charge is 2.40. The Morgan fingerprint density at radius 1 is 1.09 bits per heavy atom. The summed E-state index contributed by atoms with van der Waals surface area (Å²) in [6, 6.07) is 15.5. The smallest absolute Gasteiger partial charge is 0.407 e. The van der Waals surface area contributed by atoms with E-state index in [4.69, 9.17) is 4.74 Å². The van der Waals surface area contributed by atoms with Gasteiger partial charge < -0.3 is 20.1 Å². The van der Waals surface area contributed by atoms with E-state index in [0.29, 0.717) is 18.7 Å². The van der Waals surface area contributed by atoms with E-state index in [1.807, 2.05) is 31.2 Å². The number of amides is 2. The maximum atomic E-state index is 12.7. The summed E-state index contributed by atoms with van der Waals surface area (Å²) in [4.78, 5) is 38.1. The third-order valence-corrected chi connectivity index (χ3v) is 7.74. The van der Waals surface area contributed by atoms with Crippen LogP contribution in [0.4, 0.5) is 4.79 Å². The molecule has 2 amide bonds. The first kappa shape index (κ1) is 24.1. The van der Waals surface area contributed by atoms with Gasteiger partial charge in [-0.05, 0) is 35.1 Å². The largest absolute Gasteiger partial charge is 0.480 e. The van der Waals surface area contributed by atoms with Gasteiger partial charge in [-0.2, -0.15) is 0 Å². The SMILES string of the molecule is CCCC1SCC(C(=O)O)N1C(=O)CCCNC(=O)OCC1c2ccccc2-c2ccccc21. The van der Waals surface area contributed by atoms with Crippen LogP contribution in [0.3, 0.4) is 0 Å². The van der Waals surface area contributed by atoms with Crippen molar-refractivity contribution < 1.29 is 24.2 Å². The summed E-state index contributed by atoms with van der Waals surface area (Å²) in [6.07, 6.45) is 1.76. The third kappa shape index (κ3) is 5.06. The molecule has 2 unspecified atom stereocenters. The minimum Gasteiger partial charge on any atom is -0.480 e. The minimum atomic E-state index is -0.962. The fourth-order valence-corrected chi connectivity index (χ4v) is 6.30. The van der Waals surface area contributed by atoms with Crippen LogP contribution in [0.1, 0.15) is 49.7 Å². The van der Waals surface area contributed by atoms with Gasteiger partial charge in [0, 0.05) is 24.6 Å². The lowest BCUT2D eigenvalue weighted by molar-refractivity contribution is -0.149. The summed E-state index contributed by atoms with van der Waals surface area (Å²) in [5.74, 6) is -0.721. The molecule has 0 radical (unpaired) electrons. The van der Waals surface area contributed by atoms with Gasteiger partial charge in [0.2, 0.25) is 5.91 Å². The molecule has 34 heavy (non-hydrogen) atoms. The summed E-state index contributed by atoms with van der Waals surface area (Å²) >= 11 is 1.53. The summed E-state index contributed by atoms with van der Waals surface area (Å²) < 4.78 is 5.52. The average Bonchev–Trinajstić information content (AvgIpc) is 3.40. The number of benzene rings is 2. The van der Waals surface area contributed by atoms with Gasteiger partial charge in [0.05, 0.1) is 5.37 Å². The van der Waals surface area contributed by atoms with Crippen LogP contribution in [0.2, 0.25) is 0 Å². The van der Waals surface area contributed by atoms with Gasteiger partial charge in [-0.25, -0.2) is 9.59 Å². The van der Waals surface area contributed by atoms with Gasteiger partial charge in [-0.3, -0.25) is 4.79 Å². The highest BCUT2D eigenvalue weighted by atomic mass is 32.2. The van der Waals surface area contributed by atoms with E-state index in [0.717, 1.165) is 24.0 Å². The molecule has 1 fully saturated rings. The summed E-state index contributed by atoms with van der Waals surface area (Å²) in [5.41, 5.74) is 4.65. The predicted molar refractivity (Wildman–Crippen MR) is 132 cm³/mol. The number of alkyl carbamates (subject to hydrolysis) is 1. The van der Waals surface area contributed by atoms with Crippen molar-refractivity contribution >= 4 is 29.7 Å². The zero-order valence-corrected chi connectivity index (χ0v) is 20.1. The number of rotatable bonds is 9. The molecule has 2 aromatic rings. The van der Waals surface area contributed by atoms with Gasteiger partial charge in [0.15, 0.2) is 0 Å². The van der Waals surface area contributed by atoms with Crippen LogP contribution >= 0.6 is 11.8 Å². The lowest BCUT2D eigenvalue weighted by Gasteiger charge is -2.27. The van der Waals surface area contributed by atoms with Crippen molar-refractivity contribution in [2.75, 3.05) is 18.9 Å². The van der Waals surface area contributed by atoms with E-state index in [9.17, 15) is 19.5 Å². The highest BCUT2D eigenvalue weighted by molar-refractivity contribution is 8.00. The average molecular weight is 483 g/mol. The number of aliphatic carboxylic acids is 1. The van der Waals surface area contributed by atoms with Crippen LogP contribution in [-0.4, -0.2) is 58.3 Å². The monoisotopic (exact) mass is 482 g/mol. The molecule has 0 spiro atoms.